The Morgan fingerprint density at radius 3 is 1.41 bits per heavy atom. The van der Waals surface area contributed by atoms with Gasteiger partial charge in [0.15, 0.2) is 0 Å². The van der Waals surface area contributed by atoms with Crippen molar-refractivity contribution in [3.8, 4) is 22.5 Å². The Kier molecular flexibility index (Phi) is 5.31. The molecule has 0 N–H and O–H groups in total. The summed E-state index contributed by atoms with van der Waals surface area (Å²) in [5, 5.41) is 10.2. The predicted octanol–water partition coefficient (Wildman–Crippen LogP) is 11.9. The third-order valence-electron chi connectivity index (χ3n) is 9.71. The molecule has 2 heterocycles. The first kappa shape index (κ1) is 25.2. The minimum absolute atomic E-state index is 1.16. The van der Waals surface area contributed by atoms with Crippen molar-refractivity contribution in [3.63, 3.8) is 0 Å². The van der Waals surface area contributed by atoms with Gasteiger partial charge in [0.1, 0.15) is 0 Å². The standard InChI is InChI=1S/C44H28N2/c1-2-13-31(14-3-1)45-39-19-8-6-16-37(39)43-35-26-28-42-44(36(35)25-27-41(43)45)38-17-7-9-20-40(38)46(42)32-23-21-30(22-24-32)34-18-10-12-29-11-4-5-15-33(29)34/h1-28H. The molecule has 0 unspecified atom stereocenters. The highest BCUT2D eigenvalue weighted by Crippen LogP contribution is 2.42. The summed E-state index contributed by atoms with van der Waals surface area (Å²) in [6, 6.07) is 61.9. The van der Waals surface area contributed by atoms with E-state index in [2.05, 4.69) is 179 Å². The summed E-state index contributed by atoms with van der Waals surface area (Å²) in [5.41, 5.74) is 9.72. The highest BCUT2D eigenvalue weighted by molar-refractivity contribution is 6.29. The van der Waals surface area contributed by atoms with Gasteiger partial charge in [-0.25, -0.2) is 0 Å². The molecule has 0 fully saturated rings. The van der Waals surface area contributed by atoms with Gasteiger partial charge in [0, 0.05) is 32.9 Å². The number of hydrogen-bond acceptors (Lipinski definition) is 0. The van der Waals surface area contributed by atoms with Crippen molar-refractivity contribution in [2.24, 2.45) is 0 Å². The van der Waals surface area contributed by atoms with Crippen molar-refractivity contribution >= 4 is 65.2 Å². The molecule has 0 aliphatic heterocycles. The zero-order valence-corrected chi connectivity index (χ0v) is 25.1. The van der Waals surface area contributed by atoms with Gasteiger partial charge in [-0.05, 0) is 81.2 Å². The fourth-order valence-corrected chi connectivity index (χ4v) is 7.74. The van der Waals surface area contributed by atoms with E-state index in [4.69, 9.17) is 0 Å². The molecule has 2 heteroatoms. The third-order valence-corrected chi connectivity index (χ3v) is 9.71. The van der Waals surface area contributed by atoms with Gasteiger partial charge in [-0.3, -0.25) is 0 Å². The van der Waals surface area contributed by atoms with Crippen LogP contribution in [0.5, 0.6) is 0 Å². The van der Waals surface area contributed by atoms with Crippen LogP contribution in [0, 0.1) is 0 Å². The first-order valence-electron chi connectivity index (χ1n) is 15.9. The summed E-state index contributed by atoms with van der Waals surface area (Å²) >= 11 is 0. The van der Waals surface area contributed by atoms with Crippen molar-refractivity contribution < 1.29 is 0 Å². The van der Waals surface area contributed by atoms with E-state index < -0.39 is 0 Å². The first-order chi connectivity index (χ1) is 22.8. The Balaban J connectivity index is 1.23. The largest absolute Gasteiger partial charge is 0.309 e. The monoisotopic (exact) mass is 584 g/mol. The van der Waals surface area contributed by atoms with Crippen LogP contribution in [0.4, 0.5) is 0 Å². The molecule has 10 rings (SSSR count). The number of hydrogen-bond donors (Lipinski definition) is 0. The van der Waals surface area contributed by atoms with Crippen LogP contribution in [0.2, 0.25) is 0 Å². The SMILES string of the molecule is c1ccc(-n2c3ccccc3c3c4ccc5c(c4ccc32)c2ccccc2n5-c2ccc(-c3cccc4ccccc34)cc2)cc1. The van der Waals surface area contributed by atoms with Crippen LogP contribution >= 0.6 is 0 Å². The predicted molar refractivity (Wildman–Crippen MR) is 196 cm³/mol. The summed E-state index contributed by atoms with van der Waals surface area (Å²) in [5.74, 6) is 0. The van der Waals surface area contributed by atoms with Gasteiger partial charge in [-0.1, -0.05) is 121 Å². The molecule has 8 aromatic carbocycles. The van der Waals surface area contributed by atoms with E-state index in [1.807, 2.05) is 0 Å². The van der Waals surface area contributed by atoms with Crippen molar-refractivity contribution in [1.29, 1.82) is 0 Å². The fourth-order valence-electron chi connectivity index (χ4n) is 7.74. The van der Waals surface area contributed by atoms with Gasteiger partial charge in [0.05, 0.1) is 22.1 Å². The molecule has 0 amide bonds. The molecule has 0 atom stereocenters. The lowest BCUT2D eigenvalue weighted by Gasteiger charge is -2.11. The molecule has 214 valence electrons. The lowest BCUT2D eigenvalue weighted by Crippen LogP contribution is -1.94. The van der Waals surface area contributed by atoms with Crippen LogP contribution in [-0.4, -0.2) is 9.13 Å². The minimum Gasteiger partial charge on any atom is -0.309 e. The number of nitrogens with zero attached hydrogens (tertiary/aromatic N) is 2. The van der Waals surface area contributed by atoms with Crippen molar-refractivity contribution in [2.75, 3.05) is 0 Å². The minimum atomic E-state index is 1.16. The van der Waals surface area contributed by atoms with E-state index in [9.17, 15) is 0 Å². The molecular weight excluding hydrogens is 556 g/mol. The van der Waals surface area contributed by atoms with E-state index in [-0.39, 0.29) is 0 Å². The number of para-hydroxylation sites is 3. The molecule has 0 radical (unpaired) electrons. The van der Waals surface area contributed by atoms with Crippen LogP contribution in [0.15, 0.2) is 170 Å². The summed E-state index contributed by atoms with van der Waals surface area (Å²) in [4.78, 5) is 0. The Morgan fingerprint density at radius 1 is 0.283 bits per heavy atom. The van der Waals surface area contributed by atoms with Crippen LogP contribution in [0.3, 0.4) is 0 Å². The van der Waals surface area contributed by atoms with E-state index in [0.717, 1.165) is 5.69 Å². The quantitative estimate of drug-likeness (QED) is 0.195. The summed E-state index contributed by atoms with van der Waals surface area (Å²) < 4.78 is 4.82. The molecule has 10 aromatic rings. The van der Waals surface area contributed by atoms with Crippen molar-refractivity contribution in [1.82, 2.24) is 9.13 Å². The second-order valence-electron chi connectivity index (χ2n) is 12.1. The third kappa shape index (κ3) is 3.53. The van der Waals surface area contributed by atoms with E-state index in [0.29, 0.717) is 0 Å². The van der Waals surface area contributed by atoms with Gasteiger partial charge in [0.2, 0.25) is 0 Å². The molecule has 0 aliphatic carbocycles. The van der Waals surface area contributed by atoms with E-state index in [1.54, 1.807) is 0 Å². The lowest BCUT2D eigenvalue weighted by molar-refractivity contribution is 1.18. The van der Waals surface area contributed by atoms with Crippen molar-refractivity contribution in [2.45, 2.75) is 0 Å². The zero-order valence-electron chi connectivity index (χ0n) is 25.1. The Morgan fingerprint density at radius 2 is 0.783 bits per heavy atom. The number of rotatable bonds is 3. The van der Waals surface area contributed by atoms with Crippen LogP contribution in [0.1, 0.15) is 0 Å². The van der Waals surface area contributed by atoms with Crippen LogP contribution in [-0.2, 0) is 0 Å². The smallest absolute Gasteiger partial charge is 0.0547 e. The number of benzene rings is 8. The molecule has 0 bridgehead atoms. The molecule has 2 aromatic heterocycles. The second-order valence-corrected chi connectivity index (χ2v) is 12.1. The Labute approximate surface area is 266 Å². The summed E-state index contributed by atoms with van der Waals surface area (Å²) in [7, 11) is 0. The van der Waals surface area contributed by atoms with Crippen LogP contribution in [0.25, 0.3) is 87.7 Å². The first-order valence-corrected chi connectivity index (χ1v) is 15.9. The van der Waals surface area contributed by atoms with Gasteiger partial charge in [-0.15, -0.1) is 0 Å². The number of fused-ring (bicyclic) bond motifs is 10. The Bertz CT molecular complexity index is 2770. The highest BCUT2D eigenvalue weighted by Gasteiger charge is 2.19. The maximum Gasteiger partial charge on any atom is 0.0547 e. The molecule has 0 saturated carbocycles. The van der Waals surface area contributed by atoms with Gasteiger partial charge >= 0.3 is 0 Å². The maximum atomic E-state index is 2.43. The maximum absolute atomic E-state index is 2.43. The fraction of sp³-hybridized carbons (Fsp3) is 0. The molecule has 0 aliphatic rings. The molecular formula is C44H28N2. The molecule has 46 heavy (non-hydrogen) atoms. The van der Waals surface area contributed by atoms with E-state index >= 15 is 0 Å². The topological polar surface area (TPSA) is 9.86 Å². The molecule has 2 nitrogen and oxygen atoms in total. The second kappa shape index (κ2) is 9.69. The summed E-state index contributed by atoms with van der Waals surface area (Å²) in [6.45, 7) is 0. The molecule has 0 saturated heterocycles. The lowest BCUT2D eigenvalue weighted by atomic mass is 9.98. The average Bonchev–Trinajstić information content (AvgIpc) is 3.65. The normalized spacial score (nSPS) is 11.9. The van der Waals surface area contributed by atoms with Gasteiger partial charge in [0.25, 0.3) is 0 Å². The van der Waals surface area contributed by atoms with Crippen LogP contribution < -0.4 is 0 Å². The summed E-state index contributed by atoms with van der Waals surface area (Å²) in [6.07, 6.45) is 0. The van der Waals surface area contributed by atoms with Gasteiger partial charge in [-0.2, -0.15) is 0 Å². The van der Waals surface area contributed by atoms with Gasteiger partial charge < -0.3 is 9.13 Å². The Hall–Kier alpha value is -6.12. The highest BCUT2D eigenvalue weighted by atomic mass is 15.0. The zero-order chi connectivity index (χ0) is 30.2. The average molecular weight is 585 g/mol. The molecule has 0 spiro atoms. The van der Waals surface area contributed by atoms with E-state index in [1.165, 1.54) is 82.0 Å². The number of aromatic nitrogens is 2. The van der Waals surface area contributed by atoms with Crippen molar-refractivity contribution in [3.05, 3.63) is 170 Å².